The lowest BCUT2D eigenvalue weighted by Gasteiger charge is -2.11. The van der Waals surface area contributed by atoms with Crippen molar-refractivity contribution in [2.75, 3.05) is 0 Å². The molecule has 2 aromatic rings. The van der Waals surface area contributed by atoms with Gasteiger partial charge >= 0.3 is 0 Å². The van der Waals surface area contributed by atoms with E-state index in [2.05, 4.69) is 4.98 Å². The number of hydrogen-bond donors (Lipinski definition) is 0. The number of aryl methyl sites for hydroxylation is 1. The van der Waals surface area contributed by atoms with E-state index < -0.39 is 11.6 Å². The van der Waals surface area contributed by atoms with Crippen molar-refractivity contribution in [3.63, 3.8) is 0 Å². The van der Waals surface area contributed by atoms with E-state index in [1.54, 1.807) is 12.1 Å². The molecule has 0 spiro atoms. The molecule has 0 aliphatic heterocycles. The standard InChI is InChI=1S/C14H12ClF2NO/c1-9-5-6-14(13(7-15)18-9)19-8-10-11(16)3-2-4-12(10)17/h2-6H,7-8H2,1H3. The maximum absolute atomic E-state index is 13.4. The molecule has 1 aromatic carbocycles. The zero-order chi connectivity index (χ0) is 13.8. The summed E-state index contributed by atoms with van der Waals surface area (Å²) in [6, 6.07) is 7.14. The number of hydrogen-bond acceptors (Lipinski definition) is 2. The molecular weight excluding hydrogens is 272 g/mol. The number of alkyl halides is 1. The van der Waals surface area contributed by atoms with Gasteiger partial charge in [-0.3, -0.25) is 4.98 Å². The third-order valence-electron chi connectivity index (χ3n) is 2.63. The fraction of sp³-hybridized carbons (Fsp3) is 0.214. The average molecular weight is 284 g/mol. The number of rotatable bonds is 4. The van der Waals surface area contributed by atoms with Gasteiger partial charge in [-0.1, -0.05) is 6.07 Å². The molecule has 0 aliphatic carbocycles. The minimum atomic E-state index is -0.632. The number of benzene rings is 1. The Bertz CT molecular complexity index is 569. The maximum atomic E-state index is 13.4. The van der Waals surface area contributed by atoms with Crippen molar-refractivity contribution in [2.45, 2.75) is 19.4 Å². The summed E-state index contributed by atoms with van der Waals surface area (Å²) < 4.78 is 32.3. The second-order valence-corrected chi connectivity index (χ2v) is 4.29. The zero-order valence-electron chi connectivity index (χ0n) is 10.3. The molecule has 1 aromatic heterocycles. The van der Waals surface area contributed by atoms with Crippen molar-refractivity contribution in [1.82, 2.24) is 4.98 Å². The average Bonchev–Trinajstić information content (AvgIpc) is 2.39. The van der Waals surface area contributed by atoms with Crippen molar-refractivity contribution in [1.29, 1.82) is 0 Å². The van der Waals surface area contributed by atoms with Gasteiger partial charge < -0.3 is 4.74 Å². The fourth-order valence-electron chi connectivity index (χ4n) is 1.65. The maximum Gasteiger partial charge on any atom is 0.142 e. The predicted molar refractivity (Wildman–Crippen MR) is 69.2 cm³/mol. The summed E-state index contributed by atoms with van der Waals surface area (Å²) in [6.07, 6.45) is 0. The SMILES string of the molecule is Cc1ccc(OCc2c(F)cccc2F)c(CCl)n1. The normalized spacial score (nSPS) is 10.5. The monoisotopic (exact) mass is 283 g/mol. The first-order chi connectivity index (χ1) is 9.11. The van der Waals surface area contributed by atoms with E-state index in [9.17, 15) is 8.78 Å². The van der Waals surface area contributed by atoms with Crippen LogP contribution in [0.4, 0.5) is 8.78 Å². The van der Waals surface area contributed by atoms with Gasteiger partial charge in [-0.05, 0) is 31.2 Å². The Labute approximate surface area is 115 Å². The molecule has 19 heavy (non-hydrogen) atoms. The molecule has 0 fully saturated rings. The van der Waals surface area contributed by atoms with Crippen LogP contribution in [0.15, 0.2) is 30.3 Å². The van der Waals surface area contributed by atoms with Gasteiger partial charge in [0.15, 0.2) is 0 Å². The highest BCUT2D eigenvalue weighted by Gasteiger charge is 2.11. The van der Waals surface area contributed by atoms with Crippen molar-refractivity contribution in [2.24, 2.45) is 0 Å². The van der Waals surface area contributed by atoms with Gasteiger partial charge in [-0.25, -0.2) is 8.78 Å². The van der Waals surface area contributed by atoms with Crippen LogP contribution in [-0.4, -0.2) is 4.98 Å². The highest BCUT2D eigenvalue weighted by molar-refractivity contribution is 6.17. The number of nitrogens with zero attached hydrogens (tertiary/aromatic N) is 1. The van der Waals surface area contributed by atoms with Gasteiger partial charge in [0, 0.05) is 5.69 Å². The second kappa shape index (κ2) is 5.97. The molecule has 5 heteroatoms. The number of pyridine rings is 1. The van der Waals surface area contributed by atoms with Crippen LogP contribution >= 0.6 is 11.6 Å². The summed E-state index contributed by atoms with van der Waals surface area (Å²) in [6.45, 7) is 1.63. The molecule has 100 valence electrons. The van der Waals surface area contributed by atoms with E-state index >= 15 is 0 Å². The summed E-state index contributed by atoms with van der Waals surface area (Å²) >= 11 is 5.76. The lowest BCUT2D eigenvalue weighted by atomic mass is 10.2. The first-order valence-corrected chi connectivity index (χ1v) is 6.23. The van der Waals surface area contributed by atoms with E-state index in [0.29, 0.717) is 11.4 Å². The van der Waals surface area contributed by atoms with Crippen molar-refractivity contribution in [3.8, 4) is 5.75 Å². The van der Waals surface area contributed by atoms with Crippen LogP contribution < -0.4 is 4.74 Å². The highest BCUT2D eigenvalue weighted by Crippen LogP contribution is 2.21. The molecule has 2 nitrogen and oxygen atoms in total. The van der Waals surface area contributed by atoms with Crippen LogP contribution in [0.3, 0.4) is 0 Å². The summed E-state index contributed by atoms with van der Waals surface area (Å²) in [4.78, 5) is 4.20. The van der Waals surface area contributed by atoms with Gasteiger partial charge in [0.05, 0.1) is 17.1 Å². The van der Waals surface area contributed by atoms with Crippen molar-refractivity contribution < 1.29 is 13.5 Å². The summed E-state index contributed by atoms with van der Waals surface area (Å²) in [5, 5.41) is 0. The van der Waals surface area contributed by atoms with Crippen LogP contribution in [-0.2, 0) is 12.5 Å². The number of halogens is 3. The van der Waals surface area contributed by atoms with Crippen molar-refractivity contribution in [3.05, 3.63) is 58.9 Å². The third-order valence-corrected chi connectivity index (χ3v) is 2.89. The molecule has 0 atom stereocenters. The Kier molecular flexibility index (Phi) is 4.32. The Hall–Kier alpha value is -1.68. The van der Waals surface area contributed by atoms with Gasteiger partial charge in [-0.15, -0.1) is 11.6 Å². The van der Waals surface area contributed by atoms with Crippen LogP contribution in [0.5, 0.6) is 5.75 Å². The summed E-state index contributed by atoms with van der Waals surface area (Å²) in [5.41, 5.74) is 1.25. The minimum absolute atomic E-state index is 0.108. The molecule has 1 heterocycles. The smallest absolute Gasteiger partial charge is 0.142 e. The Morgan fingerprint density at radius 1 is 1.16 bits per heavy atom. The van der Waals surface area contributed by atoms with E-state index in [1.807, 2.05) is 6.92 Å². The second-order valence-electron chi connectivity index (χ2n) is 4.02. The third kappa shape index (κ3) is 3.20. The Morgan fingerprint density at radius 2 is 1.84 bits per heavy atom. The molecular formula is C14H12ClF2NO. The molecule has 0 aliphatic rings. The molecule has 0 amide bonds. The highest BCUT2D eigenvalue weighted by atomic mass is 35.5. The van der Waals surface area contributed by atoms with Gasteiger partial charge in [0.1, 0.15) is 24.0 Å². The van der Waals surface area contributed by atoms with E-state index in [4.69, 9.17) is 16.3 Å². The topological polar surface area (TPSA) is 22.1 Å². The van der Waals surface area contributed by atoms with E-state index in [1.165, 1.54) is 18.2 Å². The Morgan fingerprint density at radius 3 is 2.47 bits per heavy atom. The first-order valence-electron chi connectivity index (χ1n) is 5.70. The largest absolute Gasteiger partial charge is 0.487 e. The van der Waals surface area contributed by atoms with Gasteiger partial charge in [0.2, 0.25) is 0 Å². The van der Waals surface area contributed by atoms with Crippen LogP contribution in [0.1, 0.15) is 17.0 Å². The van der Waals surface area contributed by atoms with Gasteiger partial charge in [0.25, 0.3) is 0 Å². The quantitative estimate of drug-likeness (QED) is 0.792. The predicted octanol–water partition coefficient (Wildman–Crippen LogP) is 3.99. The summed E-state index contributed by atoms with van der Waals surface area (Å²) in [7, 11) is 0. The molecule has 0 unspecified atom stereocenters. The molecule has 0 N–H and O–H groups in total. The molecule has 0 saturated carbocycles. The number of ether oxygens (including phenoxy) is 1. The molecule has 0 saturated heterocycles. The number of aromatic nitrogens is 1. The van der Waals surface area contributed by atoms with E-state index in [0.717, 1.165) is 5.69 Å². The van der Waals surface area contributed by atoms with Gasteiger partial charge in [-0.2, -0.15) is 0 Å². The minimum Gasteiger partial charge on any atom is -0.487 e. The zero-order valence-corrected chi connectivity index (χ0v) is 11.0. The van der Waals surface area contributed by atoms with Crippen molar-refractivity contribution >= 4 is 11.6 Å². The fourth-order valence-corrected chi connectivity index (χ4v) is 1.84. The first kappa shape index (κ1) is 13.7. The Balaban J connectivity index is 2.19. The lowest BCUT2D eigenvalue weighted by molar-refractivity contribution is 0.289. The molecule has 0 radical (unpaired) electrons. The molecule has 2 rings (SSSR count). The van der Waals surface area contributed by atoms with Crippen LogP contribution in [0.25, 0.3) is 0 Å². The summed E-state index contributed by atoms with van der Waals surface area (Å²) in [5.74, 6) is -0.653. The van der Waals surface area contributed by atoms with Crippen LogP contribution in [0, 0.1) is 18.6 Å². The molecule has 0 bridgehead atoms. The van der Waals surface area contributed by atoms with Crippen LogP contribution in [0.2, 0.25) is 0 Å². The lowest BCUT2D eigenvalue weighted by Crippen LogP contribution is -2.04. The van der Waals surface area contributed by atoms with E-state index in [-0.39, 0.29) is 18.1 Å².